The Balaban J connectivity index is 2.83. The average Bonchev–Trinajstić information content (AvgIpc) is 1.90. The van der Waals surface area contributed by atoms with Gasteiger partial charge in [0.15, 0.2) is 0 Å². The van der Waals surface area contributed by atoms with Crippen LogP contribution in [0.1, 0.15) is 0 Å². The van der Waals surface area contributed by atoms with Crippen molar-refractivity contribution in [1.82, 2.24) is 0 Å². The molecule has 1 rings (SSSR count). The maximum atomic E-state index is 5.10. The predicted molar refractivity (Wildman–Crippen MR) is 34.3 cm³/mol. The molecule has 2 heteroatoms. The summed E-state index contributed by atoms with van der Waals surface area (Å²) < 4.78 is 0. The molecule has 1 aromatic rings. The standard InChI is InChI=1S/C6H8N2/c7-8-6-4-2-1-3-5-6/h1-5,8H,7H2/i1+2,2+2,3+2,4+2,5+2,6+2. The minimum atomic E-state index is 0.938. The lowest BCUT2D eigenvalue weighted by atomic mass is 12.2. The van der Waals surface area contributed by atoms with Crippen molar-refractivity contribution in [2.45, 2.75) is 0 Å². The molecule has 0 saturated heterocycles. The predicted octanol–water partition coefficient (Wildman–Crippen LogP) is 0.972. The second kappa shape index (κ2) is 2.33. The first kappa shape index (κ1) is 5.12. The molecule has 0 radical (unpaired) electrons. The summed E-state index contributed by atoms with van der Waals surface area (Å²) in [5.74, 6) is 5.10. The third-order valence-electron chi connectivity index (χ3n) is 0.940. The summed E-state index contributed by atoms with van der Waals surface area (Å²) in [7, 11) is 0. The van der Waals surface area contributed by atoms with E-state index in [4.69, 9.17) is 5.84 Å². The van der Waals surface area contributed by atoms with Crippen molar-refractivity contribution in [2.75, 3.05) is 5.43 Å². The quantitative estimate of drug-likeness (QED) is 0.428. The molecule has 0 heterocycles. The normalized spacial score (nSPS) is 8.62. The van der Waals surface area contributed by atoms with Gasteiger partial charge in [-0.3, -0.25) is 5.84 Å². The molecule has 0 bridgehead atoms. The number of anilines is 1. The van der Waals surface area contributed by atoms with Gasteiger partial charge in [-0.2, -0.15) is 0 Å². The van der Waals surface area contributed by atoms with Gasteiger partial charge < -0.3 is 5.43 Å². The van der Waals surface area contributed by atoms with Crippen LogP contribution in [-0.4, -0.2) is 0 Å². The van der Waals surface area contributed by atoms with E-state index in [1.54, 1.807) is 0 Å². The van der Waals surface area contributed by atoms with Crippen LogP contribution in [0.15, 0.2) is 30.3 Å². The monoisotopic (exact) mass is 120 g/mol. The highest BCUT2D eigenvalue weighted by Gasteiger charge is 1.78. The van der Waals surface area contributed by atoms with Crippen LogP contribution in [0.5, 0.6) is 0 Å². The van der Waals surface area contributed by atoms with Crippen molar-refractivity contribution in [3.05, 3.63) is 30.3 Å². The van der Waals surface area contributed by atoms with Crippen LogP contribution in [0.25, 0.3) is 0 Å². The third kappa shape index (κ3) is 0.978. The number of nitrogens with one attached hydrogen (secondary N) is 1. The molecule has 0 unspecified atom stereocenters. The first-order chi connectivity index (χ1) is 3.93. The van der Waals surface area contributed by atoms with Gasteiger partial charge >= 0.3 is 0 Å². The summed E-state index contributed by atoms with van der Waals surface area (Å²) in [5, 5.41) is 0. The van der Waals surface area contributed by atoms with Crippen molar-refractivity contribution >= 4 is 5.69 Å². The summed E-state index contributed by atoms with van der Waals surface area (Å²) in [4.78, 5) is 0. The summed E-state index contributed by atoms with van der Waals surface area (Å²) in [6, 6.07) is 9.60. The van der Waals surface area contributed by atoms with Crippen molar-refractivity contribution in [3.8, 4) is 0 Å². The molecule has 8 heavy (non-hydrogen) atoms. The summed E-state index contributed by atoms with van der Waals surface area (Å²) in [5.41, 5.74) is 3.46. The van der Waals surface area contributed by atoms with E-state index in [0.717, 1.165) is 5.69 Å². The zero-order valence-corrected chi connectivity index (χ0v) is 4.46. The minimum Gasteiger partial charge on any atom is -0.324 e. The van der Waals surface area contributed by atoms with E-state index in [1.165, 1.54) is 0 Å². The van der Waals surface area contributed by atoms with Gasteiger partial charge in [0.1, 0.15) is 0 Å². The largest absolute Gasteiger partial charge is 0.324 e. The lowest BCUT2D eigenvalue weighted by Gasteiger charge is -1.94. The van der Waals surface area contributed by atoms with Gasteiger partial charge in [-0.1, -0.05) is 18.2 Å². The Hall–Kier alpha value is -1.02. The zero-order valence-electron chi connectivity index (χ0n) is 4.46. The maximum absolute atomic E-state index is 5.10. The van der Waals surface area contributed by atoms with Crippen molar-refractivity contribution in [3.63, 3.8) is 0 Å². The van der Waals surface area contributed by atoms with Gasteiger partial charge in [-0.25, -0.2) is 0 Å². The molecule has 0 aliphatic rings. The second-order valence-electron chi connectivity index (χ2n) is 1.51. The van der Waals surface area contributed by atoms with Crippen LogP contribution < -0.4 is 11.3 Å². The van der Waals surface area contributed by atoms with E-state index in [-0.39, 0.29) is 0 Å². The average molecular weight is 120 g/mol. The Morgan fingerprint density at radius 3 is 2.12 bits per heavy atom. The highest BCUT2D eigenvalue weighted by Crippen LogP contribution is 2.00. The van der Waals surface area contributed by atoms with Crippen molar-refractivity contribution < 1.29 is 0 Å². The fraction of sp³-hybridized carbons (Fsp3) is 0. The van der Waals surface area contributed by atoms with E-state index in [0.29, 0.717) is 0 Å². The van der Waals surface area contributed by atoms with Gasteiger partial charge in [0.05, 0.1) is 0 Å². The van der Waals surface area contributed by atoms with Crippen molar-refractivity contribution in [2.24, 2.45) is 5.84 Å². The SMILES string of the molecule is NN[14c]1[14cH][14cH][14cH][14cH][14cH]1. The minimum absolute atomic E-state index is 0.938. The number of nitrogens with two attached hydrogens (primary N) is 1. The Morgan fingerprint density at radius 2 is 1.75 bits per heavy atom. The van der Waals surface area contributed by atoms with E-state index in [9.17, 15) is 0 Å². The van der Waals surface area contributed by atoms with Crippen LogP contribution >= 0.6 is 0 Å². The fourth-order valence-electron chi connectivity index (χ4n) is 0.534. The molecule has 2 nitrogen and oxygen atoms in total. The first-order valence-electron chi connectivity index (χ1n) is 2.45. The maximum Gasteiger partial charge on any atom is 0.0485 e. The molecule has 0 aliphatic heterocycles. The Morgan fingerprint density at radius 1 is 1.12 bits per heavy atom. The van der Waals surface area contributed by atoms with Gasteiger partial charge in [0.2, 0.25) is 0 Å². The molecule has 0 saturated carbocycles. The molecular formula is C6H8N2. The topological polar surface area (TPSA) is 38.0 Å². The Bertz CT molecular complexity index is 148. The number of para-hydroxylation sites is 1. The lowest BCUT2D eigenvalue weighted by Crippen LogP contribution is -2.05. The summed E-state index contributed by atoms with van der Waals surface area (Å²) in [6.07, 6.45) is 0. The molecule has 42 valence electrons. The number of hydrazine groups is 1. The number of nitrogen functional groups attached to an aromatic ring is 1. The van der Waals surface area contributed by atoms with Crippen LogP contribution in [0.2, 0.25) is 0 Å². The Labute approximate surface area is 48.3 Å². The van der Waals surface area contributed by atoms with Crippen LogP contribution in [0, 0.1) is 0 Å². The molecule has 0 fully saturated rings. The third-order valence-corrected chi connectivity index (χ3v) is 0.940. The van der Waals surface area contributed by atoms with Crippen LogP contribution in [-0.2, 0) is 0 Å². The summed E-state index contributed by atoms with van der Waals surface area (Å²) >= 11 is 0. The second-order valence-corrected chi connectivity index (χ2v) is 1.51. The van der Waals surface area contributed by atoms with Crippen LogP contribution in [0.4, 0.5) is 5.69 Å². The molecule has 0 amide bonds. The fourth-order valence-corrected chi connectivity index (χ4v) is 0.534. The highest BCUT2D eigenvalue weighted by molar-refractivity contribution is 5.40. The highest BCUT2D eigenvalue weighted by atomic mass is 15.8. The molecule has 0 aromatic heterocycles. The van der Waals surface area contributed by atoms with E-state index >= 15 is 0 Å². The molecule has 1 aromatic carbocycles. The van der Waals surface area contributed by atoms with E-state index < -0.39 is 0 Å². The number of rotatable bonds is 1. The molecule has 0 spiro atoms. The number of benzene rings is 1. The smallest absolute Gasteiger partial charge is 0.0485 e. The summed E-state index contributed by atoms with van der Waals surface area (Å²) in [6.45, 7) is 0. The molecule has 0 aliphatic carbocycles. The molecule has 3 N–H and O–H groups in total. The lowest BCUT2D eigenvalue weighted by molar-refractivity contribution is 1.35. The molecular weight excluding hydrogens is 112 g/mol. The van der Waals surface area contributed by atoms with Crippen LogP contribution in [0.3, 0.4) is 0 Å². The Kier molecular flexibility index (Phi) is 1.49. The van der Waals surface area contributed by atoms with Crippen molar-refractivity contribution in [1.29, 1.82) is 0 Å². The zero-order chi connectivity index (χ0) is 5.82. The van der Waals surface area contributed by atoms with E-state index in [2.05, 4.69) is 5.43 Å². The van der Waals surface area contributed by atoms with Gasteiger partial charge in [0, 0.05) is 5.69 Å². The number of hydrogen-bond acceptors (Lipinski definition) is 2. The van der Waals surface area contributed by atoms with Gasteiger partial charge in [-0.05, 0) is 12.1 Å². The van der Waals surface area contributed by atoms with Gasteiger partial charge in [0.25, 0.3) is 0 Å². The molecule has 0 atom stereocenters. The van der Waals surface area contributed by atoms with E-state index in [1.807, 2.05) is 30.3 Å². The van der Waals surface area contributed by atoms with Gasteiger partial charge in [-0.15, -0.1) is 0 Å². The number of hydrogen-bond donors (Lipinski definition) is 2. The first-order valence-corrected chi connectivity index (χ1v) is 2.45.